The topological polar surface area (TPSA) is 38.1 Å². The van der Waals surface area contributed by atoms with Gasteiger partial charge in [0.1, 0.15) is 0 Å². The van der Waals surface area contributed by atoms with Gasteiger partial charge in [0.25, 0.3) is 5.91 Å². The molecule has 0 aliphatic carbocycles. The number of aryl methyl sites for hydroxylation is 3. The van der Waals surface area contributed by atoms with Crippen molar-refractivity contribution in [3.63, 3.8) is 0 Å². The molecule has 1 aliphatic heterocycles. The van der Waals surface area contributed by atoms with Crippen LogP contribution in [-0.2, 0) is 13.0 Å². The van der Waals surface area contributed by atoms with Crippen LogP contribution in [0.2, 0.25) is 10.0 Å². The summed E-state index contributed by atoms with van der Waals surface area (Å²) in [6.07, 6.45) is 0.784. The van der Waals surface area contributed by atoms with Crippen LogP contribution in [0.1, 0.15) is 64.2 Å². The Morgan fingerprint density at radius 3 is 2.47 bits per heavy atom. The molecule has 0 N–H and O–H groups in total. The number of carbonyl (C=O) groups is 1. The summed E-state index contributed by atoms with van der Waals surface area (Å²) in [4.78, 5) is 15.4. The number of halogens is 3. The van der Waals surface area contributed by atoms with Gasteiger partial charge >= 0.3 is 0 Å². The molecule has 36 heavy (non-hydrogen) atoms. The Balaban J connectivity index is 1.69. The van der Waals surface area contributed by atoms with Gasteiger partial charge in [0.15, 0.2) is 11.5 Å². The van der Waals surface area contributed by atoms with Crippen LogP contribution in [0.5, 0.6) is 0 Å². The molecule has 4 nitrogen and oxygen atoms in total. The highest BCUT2D eigenvalue weighted by Gasteiger charge is 2.46. The fourth-order valence-corrected chi connectivity index (χ4v) is 5.50. The molecule has 4 aromatic rings. The minimum absolute atomic E-state index is 0.0339. The van der Waals surface area contributed by atoms with Crippen LogP contribution in [-0.4, -0.2) is 15.7 Å². The molecule has 7 heteroatoms. The average molecular weight is 522 g/mol. The number of rotatable bonds is 6. The van der Waals surface area contributed by atoms with Crippen LogP contribution in [0, 0.1) is 12.7 Å². The number of hydrogen-bond donors (Lipinski definition) is 0. The number of benzene rings is 3. The van der Waals surface area contributed by atoms with Gasteiger partial charge in [-0.15, -0.1) is 0 Å². The SMILES string of the molecule is Cc1cc(Cl)ccc1C1c2c(nn(CCc3ccccc3)c2C(C)C)C(=O)N1c1cccc(Cl)c1F. The Morgan fingerprint density at radius 1 is 1.03 bits per heavy atom. The van der Waals surface area contributed by atoms with Crippen LogP contribution < -0.4 is 4.90 Å². The maximum absolute atomic E-state index is 15.3. The Bertz CT molecular complexity index is 1450. The normalized spacial score (nSPS) is 15.1. The lowest BCUT2D eigenvalue weighted by molar-refractivity contribution is 0.0986. The van der Waals surface area contributed by atoms with E-state index in [1.165, 1.54) is 16.5 Å². The Labute approximate surface area is 220 Å². The molecule has 184 valence electrons. The minimum atomic E-state index is -0.627. The third-order valence-electron chi connectivity index (χ3n) is 6.70. The van der Waals surface area contributed by atoms with Gasteiger partial charge in [-0.05, 0) is 60.2 Å². The highest BCUT2D eigenvalue weighted by molar-refractivity contribution is 6.31. The van der Waals surface area contributed by atoms with E-state index in [4.69, 9.17) is 28.3 Å². The van der Waals surface area contributed by atoms with Crippen molar-refractivity contribution in [3.05, 3.63) is 116 Å². The molecular weight excluding hydrogens is 496 g/mol. The predicted octanol–water partition coefficient (Wildman–Crippen LogP) is 7.75. The van der Waals surface area contributed by atoms with E-state index in [2.05, 4.69) is 26.0 Å². The number of nitrogens with zero attached hydrogens (tertiary/aromatic N) is 3. The van der Waals surface area contributed by atoms with Crippen molar-refractivity contribution >= 4 is 34.8 Å². The van der Waals surface area contributed by atoms with E-state index in [1.54, 1.807) is 18.2 Å². The molecule has 1 atom stereocenters. The van der Waals surface area contributed by atoms with E-state index < -0.39 is 11.9 Å². The number of amides is 1. The quantitative estimate of drug-likeness (QED) is 0.260. The molecule has 0 spiro atoms. The van der Waals surface area contributed by atoms with Crippen LogP contribution in [0.3, 0.4) is 0 Å². The molecule has 1 aliphatic rings. The summed E-state index contributed by atoms with van der Waals surface area (Å²) in [5, 5.41) is 5.37. The van der Waals surface area contributed by atoms with Gasteiger partial charge in [-0.2, -0.15) is 5.10 Å². The zero-order valence-electron chi connectivity index (χ0n) is 20.3. The first-order valence-electron chi connectivity index (χ1n) is 12.0. The van der Waals surface area contributed by atoms with Gasteiger partial charge in [0, 0.05) is 22.8 Å². The smallest absolute Gasteiger partial charge is 0.280 e. The standard InChI is InChI=1S/C29H26Cl2FN3O/c1-17(2)27-24-26(33-34(27)15-14-19-8-5-4-6-9-19)29(36)35(23-11-7-10-22(31)25(23)32)28(24)21-13-12-20(30)16-18(21)3/h4-13,16-17,28H,14-15H2,1-3H3. The van der Waals surface area contributed by atoms with Crippen molar-refractivity contribution in [2.75, 3.05) is 4.90 Å². The van der Waals surface area contributed by atoms with E-state index >= 15 is 4.39 Å². The third-order valence-corrected chi connectivity index (χ3v) is 7.23. The van der Waals surface area contributed by atoms with Crippen molar-refractivity contribution in [2.24, 2.45) is 0 Å². The molecule has 0 fully saturated rings. The van der Waals surface area contributed by atoms with Gasteiger partial charge in [-0.1, -0.05) is 79.5 Å². The molecule has 1 unspecified atom stereocenters. The maximum atomic E-state index is 15.3. The van der Waals surface area contributed by atoms with Crippen LogP contribution in [0.4, 0.5) is 10.1 Å². The lowest BCUT2D eigenvalue weighted by Gasteiger charge is -2.29. The first-order valence-corrected chi connectivity index (χ1v) is 12.7. The van der Waals surface area contributed by atoms with E-state index in [1.807, 2.05) is 41.9 Å². The second-order valence-corrected chi connectivity index (χ2v) is 10.3. The molecule has 5 rings (SSSR count). The summed E-state index contributed by atoms with van der Waals surface area (Å²) in [6, 6.07) is 19.9. The summed E-state index contributed by atoms with van der Waals surface area (Å²) >= 11 is 12.4. The summed E-state index contributed by atoms with van der Waals surface area (Å²) in [5.41, 5.74) is 5.25. The van der Waals surface area contributed by atoms with E-state index in [9.17, 15) is 4.79 Å². The Hall–Kier alpha value is -3.15. The highest BCUT2D eigenvalue weighted by atomic mass is 35.5. The van der Waals surface area contributed by atoms with Gasteiger partial charge in [-0.25, -0.2) is 4.39 Å². The number of hydrogen-bond acceptors (Lipinski definition) is 2. The van der Waals surface area contributed by atoms with Crippen molar-refractivity contribution in [3.8, 4) is 0 Å². The number of anilines is 1. The second-order valence-electron chi connectivity index (χ2n) is 9.41. The van der Waals surface area contributed by atoms with E-state index in [0.717, 1.165) is 28.8 Å². The molecule has 2 heterocycles. The Kier molecular flexibility index (Phi) is 6.62. The van der Waals surface area contributed by atoms with Crippen molar-refractivity contribution in [1.82, 2.24) is 9.78 Å². The monoisotopic (exact) mass is 521 g/mol. The van der Waals surface area contributed by atoms with Crippen molar-refractivity contribution in [1.29, 1.82) is 0 Å². The largest absolute Gasteiger partial charge is 0.292 e. The number of aromatic nitrogens is 2. The zero-order valence-corrected chi connectivity index (χ0v) is 21.8. The summed E-state index contributed by atoms with van der Waals surface area (Å²) in [7, 11) is 0. The first kappa shape index (κ1) is 24.5. The first-order chi connectivity index (χ1) is 17.3. The minimum Gasteiger partial charge on any atom is -0.292 e. The van der Waals surface area contributed by atoms with Gasteiger partial charge in [-0.3, -0.25) is 14.4 Å². The van der Waals surface area contributed by atoms with Gasteiger partial charge in [0.05, 0.1) is 16.8 Å². The predicted molar refractivity (Wildman–Crippen MR) is 143 cm³/mol. The number of fused-ring (bicyclic) bond motifs is 1. The van der Waals surface area contributed by atoms with Crippen molar-refractivity contribution < 1.29 is 9.18 Å². The molecule has 3 aromatic carbocycles. The van der Waals surface area contributed by atoms with Gasteiger partial charge in [0.2, 0.25) is 0 Å². The lowest BCUT2D eigenvalue weighted by Crippen LogP contribution is -2.31. The Morgan fingerprint density at radius 2 is 1.78 bits per heavy atom. The van der Waals surface area contributed by atoms with Crippen LogP contribution >= 0.6 is 23.2 Å². The average Bonchev–Trinajstić information content (AvgIpc) is 3.35. The van der Waals surface area contributed by atoms with Crippen molar-refractivity contribution in [2.45, 2.75) is 45.7 Å². The third kappa shape index (κ3) is 4.21. The molecule has 0 saturated carbocycles. The summed E-state index contributed by atoms with van der Waals surface area (Å²) in [5.74, 6) is -0.882. The molecule has 0 saturated heterocycles. The molecule has 1 aromatic heterocycles. The number of carbonyl (C=O) groups excluding carboxylic acids is 1. The van der Waals surface area contributed by atoms with Gasteiger partial charge < -0.3 is 0 Å². The molecule has 0 radical (unpaired) electrons. The maximum Gasteiger partial charge on any atom is 0.280 e. The highest BCUT2D eigenvalue weighted by Crippen LogP contribution is 2.47. The van der Waals surface area contributed by atoms with E-state index in [0.29, 0.717) is 17.3 Å². The van der Waals surface area contributed by atoms with Crippen LogP contribution in [0.15, 0.2) is 66.7 Å². The van der Waals surface area contributed by atoms with Crippen LogP contribution in [0.25, 0.3) is 0 Å². The fraction of sp³-hybridized carbons (Fsp3) is 0.241. The second kappa shape index (κ2) is 9.72. The molecule has 0 bridgehead atoms. The lowest BCUT2D eigenvalue weighted by atomic mass is 9.92. The molecular formula is C29H26Cl2FN3O. The van der Waals surface area contributed by atoms with E-state index in [-0.39, 0.29) is 22.5 Å². The summed E-state index contributed by atoms with van der Waals surface area (Å²) < 4.78 is 17.2. The molecule has 1 amide bonds. The summed E-state index contributed by atoms with van der Waals surface area (Å²) in [6.45, 7) is 6.77. The zero-order chi connectivity index (χ0) is 25.6. The fourth-order valence-electron chi connectivity index (χ4n) is 5.10.